The largest absolute Gasteiger partial charge is 0.288 e. The van der Waals surface area contributed by atoms with E-state index in [2.05, 4.69) is 21.4 Å². The molecule has 0 aromatic rings. The van der Waals surface area contributed by atoms with Crippen LogP contribution >= 0.6 is 15.9 Å². The van der Waals surface area contributed by atoms with Gasteiger partial charge in [0.2, 0.25) is 5.91 Å². The van der Waals surface area contributed by atoms with Crippen molar-refractivity contribution < 1.29 is 4.79 Å². The first-order valence-electron chi connectivity index (χ1n) is 3.93. The zero-order valence-corrected chi connectivity index (χ0v) is 8.06. The van der Waals surface area contributed by atoms with Gasteiger partial charge in [-0.05, 0) is 12.8 Å². The van der Waals surface area contributed by atoms with Gasteiger partial charge in [-0.3, -0.25) is 10.2 Å². The number of hydrazine groups is 1. The van der Waals surface area contributed by atoms with Crippen molar-refractivity contribution in [1.82, 2.24) is 10.4 Å². The average Bonchev–Trinajstić information content (AvgIpc) is 2.06. The molecule has 1 heterocycles. The molecule has 0 bridgehead atoms. The summed E-state index contributed by atoms with van der Waals surface area (Å²) in [5, 5.41) is 2.39. The van der Waals surface area contributed by atoms with E-state index in [1.165, 1.54) is 19.3 Å². The predicted molar refractivity (Wildman–Crippen MR) is 47.4 cm³/mol. The lowest BCUT2D eigenvalue weighted by atomic mass is 10.2. The third-order valence-electron chi connectivity index (χ3n) is 1.76. The van der Waals surface area contributed by atoms with Crippen LogP contribution in [-0.4, -0.2) is 29.3 Å². The van der Waals surface area contributed by atoms with E-state index >= 15 is 0 Å². The highest BCUT2D eigenvalue weighted by molar-refractivity contribution is 9.09. The molecule has 1 saturated heterocycles. The summed E-state index contributed by atoms with van der Waals surface area (Å²) in [7, 11) is 0. The van der Waals surface area contributed by atoms with Gasteiger partial charge in [-0.25, -0.2) is 5.01 Å². The van der Waals surface area contributed by atoms with Gasteiger partial charge >= 0.3 is 0 Å². The number of hydrogen-bond donors (Lipinski definition) is 1. The Kier molecular flexibility index (Phi) is 3.86. The summed E-state index contributed by atoms with van der Waals surface area (Å²) < 4.78 is 0. The van der Waals surface area contributed by atoms with Crippen molar-refractivity contribution in [2.75, 3.05) is 18.4 Å². The lowest BCUT2D eigenvalue weighted by Crippen LogP contribution is -2.45. The van der Waals surface area contributed by atoms with Crippen molar-refractivity contribution in [3.8, 4) is 0 Å². The number of piperidine rings is 1. The monoisotopic (exact) mass is 220 g/mol. The Morgan fingerprint density at radius 1 is 1.36 bits per heavy atom. The molecule has 64 valence electrons. The molecule has 1 rings (SSSR count). The van der Waals surface area contributed by atoms with E-state index in [1.54, 1.807) is 0 Å². The standard InChI is InChI=1S/C7H13BrN2O/c8-6-7(11)9-10-4-2-1-3-5-10/h1-6H2,(H,9,11). The summed E-state index contributed by atoms with van der Waals surface area (Å²) in [6, 6.07) is 0. The quantitative estimate of drug-likeness (QED) is 0.702. The normalized spacial score (nSPS) is 19.7. The molecule has 0 spiro atoms. The van der Waals surface area contributed by atoms with Gasteiger partial charge in [0, 0.05) is 13.1 Å². The number of halogens is 1. The summed E-state index contributed by atoms with van der Waals surface area (Å²) in [6.07, 6.45) is 3.69. The van der Waals surface area contributed by atoms with Gasteiger partial charge in [-0.1, -0.05) is 22.4 Å². The first-order chi connectivity index (χ1) is 5.33. The molecule has 0 saturated carbocycles. The van der Waals surface area contributed by atoms with Gasteiger partial charge in [0.05, 0.1) is 5.33 Å². The molecule has 1 fully saturated rings. The molecular weight excluding hydrogens is 208 g/mol. The SMILES string of the molecule is O=C(CBr)NN1CCCCC1. The highest BCUT2D eigenvalue weighted by Gasteiger charge is 2.10. The van der Waals surface area contributed by atoms with Gasteiger partial charge in [-0.2, -0.15) is 0 Å². The lowest BCUT2D eigenvalue weighted by Gasteiger charge is -2.26. The fraction of sp³-hybridized carbons (Fsp3) is 0.857. The van der Waals surface area contributed by atoms with Crippen molar-refractivity contribution in [3.05, 3.63) is 0 Å². The van der Waals surface area contributed by atoms with Crippen LogP contribution in [0.5, 0.6) is 0 Å². The second-order valence-corrected chi connectivity index (χ2v) is 3.28. The Morgan fingerprint density at radius 3 is 2.55 bits per heavy atom. The lowest BCUT2D eigenvalue weighted by molar-refractivity contribution is -0.123. The summed E-state index contributed by atoms with van der Waals surface area (Å²) in [4.78, 5) is 10.9. The van der Waals surface area contributed by atoms with Crippen LogP contribution in [0.3, 0.4) is 0 Å². The number of amides is 1. The van der Waals surface area contributed by atoms with Crippen LogP contribution in [0.15, 0.2) is 0 Å². The van der Waals surface area contributed by atoms with Crippen LogP contribution in [0.25, 0.3) is 0 Å². The Bertz CT molecular complexity index is 134. The van der Waals surface area contributed by atoms with Gasteiger partial charge < -0.3 is 0 Å². The smallest absolute Gasteiger partial charge is 0.244 e. The molecule has 0 aromatic carbocycles. The fourth-order valence-corrected chi connectivity index (χ4v) is 1.34. The Morgan fingerprint density at radius 2 is 2.00 bits per heavy atom. The minimum atomic E-state index is 0.0481. The first-order valence-corrected chi connectivity index (χ1v) is 5.05. The van der Waals surface area contributed by atoms with E-state index in [9.17, 15) is 4.79 Å². The summed E-state index contributed by atoms with van der Waals surface area (Å²) in [5.41, 5.74) is 2.82. The van der Waals surface area contributed by atoms with E-state index in [4.69, 9.17) is 0 Å². The van der Waals surface area contributed by atoms with Crippen LogP contribution in [0.1, 0.15) is 19.3 Å². The average molecular weight is 221 g/mol. The number of carbonyl (C=O) groups is 1. The molecule has 4 heteroatoms. The maximum absolute atomic E-state index is 10.9. The Balaban J connectivity index is 2.19. The first kappa shape index (κ1) is 9.00. The van der Waals surface area contributed by atoms with E-state index in [-0.39, 0.29) is 5.91 Å². The van der Waals surface area contributed by atoms with Crippen LogP contribution in [0, 0.1) is 0 Å². The topological polar surface area (TPSA) is 32.3 Å². The van der Waals surface area contributed by atoms with Crippen molar-refractivity contribution in [2.24, 2.45) is 0 Å². The van der Waals surface area contributed by atoms with Crippen molar-refractivity contribution in [1.29, 1.82) is 0 Å². The third-order valence-corrected chi connectivity index (χ3v) is 2.27. The van der Waals surface area contributed by atoms with Crippen molar-refractivity contribution in [2.45, 2.75) is 19.3 Å². The predicted octanol–water partition coefficient (Wildman–Crippen LogP) is 0.898. The number of carbonyl (C=O) groups excluding carboxylic acids is 1. The summed E-state index contributed by atoms with van der Waals surface area (Å²) >= 11 is 3.10. The molecule has 0 atom stereocenters. The van der Waals surface area contributed by atoms with Gasteiger partial charge in [0.25, 0.3) is 0 Å². The Hall–Kier alpha value is -0.0900. The molecular formula is C7H13BrN2O. The minimum absolute atomic E-state index is 0.0481. The maximum atomic E-state index is 10.9. The fourth-order valence-electron chi connectivity index (χ4n) is 1.21. The summed E-state index contributed by atoms with van der Waals surface area (Å²) in [6.45, 7) is 2.00. The molecule has 11 heavy (non-hydrogen) atoms. The highest BCUT2D eigenvalue weighted by Crippen LogP contribution is 2.05. The van der Waals surface area contributed by atoms with E-state index in [0.29, 0.717) is 5.33 Å². The molecule has 1 amide bonds. The molecule has 0 unspecified atom stereocenters. The van der Waals surface area contributed by atoms with E-state index < -0.39 is 0 Å². The van der Waals surface area contributed by atoms with Crippen molar-refractivity contribution >= 4 is 21.8 Å². The molecule has 3 nitrogen and oxygen atoms in total. The number of alkyl halides is 1. The second kappa shape index (κ2) is 4.72. The second-order valence-electron chi connectivity index (χ2n) is 2.72. The zero-order chi connectivity index (χ0) is 8.10. The van der Waals surface area contributed by atoms with Gasteiger partial charge in [0.15, 0.2) is 0 Å². The maximum Gasteiger partial charge on any atom is 0.244 e. The molecule has 0 aliphatic carbocycles. The molecule has 1 aliphatic rings. The van der Waals surface area contributed by atoms with Crippen LogP contribution in [0.2, 0.25) is 0 Å². The number of nitrogens with one attached hydrogen (secondary N) is 1. The van der Waals surface area contributed by atoms with Gasteiger partial charge in [-0.15, -0.1) is 0 Å². The minimum Gasteiger partial charge on any atom is -0.288 e. The molecule has 1 aliphatic heterocycles. The van der Waals surface area contributed by atoms with Crippen LogP contribution in [0.4, 0.5) is 0 Å². The van der Waals surface area contributed by atoms with Crippen LogP contribution in [-0.2, 0) is 4.79 Å². The molecule has 1 N–H and O–H groups in total. The van der Waals surface area contributed by atoms with Crippen molar-refractivity contribution in [3.63, 3.8) is 0 Å². The number of rotatable bonds is 2. The Labute approximate surface area is 75.2 Å². The molecule has 0 radical (unpaired) electrons. The van der Waals surface area contributed by atoms with Crippen LogP contribution < -0.4 is 5.43 Å². The third kappa shape index (κ3) is 3.20. The van der Waals surface area contributed by atoms with Gasteiger partial charge in [0.1, 0.15) is 0 Å². The van der Waals surface area contributed by atoms with E-state index in [1.807, 2.05) is 5.01 Å². The number of hydrogen-bond acceptors (Lipinski definition) is 2. The zero-order valence-electron chi connectivity index (χ0n) is 6.48. The number of nitrogens with zero attached hydrogens (tertiary/aromatic N) is 1. The highest BCUT2D eigenvalue weighted by atomic mass is 79.9. The van der Waals surface area contributed by atoms with E-state index in [0.717, 1.165) is 13.1 Å². The summed E-state index contributed by atoms with van der Waals surface area (Å²) in [5.74, 6) is 0.0481. The molecule has 0 aromatic heterocycles.